The van der Waals surface area contributed by atoms with Crippen LogP contribution >= 0.6 is 0 Å². The van der Waals surface area contributed by atoms with Gasteiger partial charge in [-0.3, -0.25) is 9.48 Å². The molecule has 2 aromatic heterocycles. The van der Waals surface area contributed by atoms with Crippen molar-refractivity contribution in [2.45, 2.75) is 31.6 Å². The van der Waals surface area contributed by atoms with E-state index in [1.165, 1.54) is 21.1 Å². The lowest BCUT2D eigenvalue weighted by molar-refractivity contribution is 0.222. The number of aryl methyl sites for hydroxylation is 2. The zero-order chi connectivity index (χ0) is 24.6. The summed E-state index contributed by atoms with van der Waals surface area (Å²) in [5.74, 6) is 0.370. The van der Waals surface area contributed by atoms with Gasteiger partial charge in [0.25, 0.3) is 5.56 Å². The number of benzene rings is 1. The molecule has 0 bridgehead atoms. The van der Waals surface area contributed by atoms with E-state index in [4.69, 9.17) is 6.15 Å². The van der Waals surface area contributed by atoms with E-state index in [1.54, 1.807) is 13.1 Å². The Labute approximate surface area is 194 Å². The summed E-state index contributed by atoms with van der Waals surface area (Å²) < 4.78 is 43.9. The molecule has 1 N–H and O–H groups in total. The molecule has 0 unspecified atom stereocenters. The summed E-state index contributed by atoms with van der Waals surface area (Å²) >= 11 is 0. The Morgan fingerprint density at radius 1 is 1.18 bits per heavy atom. The number of hydrogen-bond acceptors (Lipinski definition) is 7. The lowest BCUT2D eigenvalue weighted by Gasteiger charge is -2.31. The van der Waals surface area contributed by atoms with E-state index >= 15 is 0 Å². The van der Waals surface area contributed by atoms with E-state index in [-0.39, 0.29) is 21.8 Å². The van der Waals surface area contributed by atoms with E-state index in [0.29, 0.717) is 61.1 Å². The largest absolute Gasteiger partial charge is 0.493 e. The van der Waals surface area contributed by atoms with Crippen LogP contribution in [0.3, 0.4) is 0 Å². The van der Waals surface area contributed by atoms with Gasteiger partial charge in [-0.15, -0.1) is 0 Å². The fourth-order valence-corrected chi connectivity index (χ4v) is 5.48. The van der Waals surface area contributed by atoms with Gasteiger partial charge < -0.3 is 14.6 Å². The van der Waals surface area contributed by atoms with E-state index in [2.05, 4.69) is 15.0 Å². The highest BCUT2D eigenvalue weighted by Gasteiger charge is 2.29. The van der Waals surface area contributed by atoms with Crippen molar-refractivity contribution in [1.29, 1.82) is 0 Å². The second-order valence-electron chi connectivity index (χ2n) is 8.17. The van der Waals surface area contributed by atoms with Crippen LogP contribution < -0.4 is 10.3 Å². The fraction of sp³-hybridized carbons (Fsp3) is 0.500. The number of fused-ring (bicyclic) bond motifs is 1. The number of H-pyrrole nitrogens is 1. The molecule has 0 aliphatic carbocycles. The van der Waals surface area contributed by atoms with Crippen LogP contribution in [0.1, 0.15) is 26.0 Å². The van der Waals surface area contributed by atoms with Gasteiger partial charge in [0.2, 0.25) is 10.0 Å². The molecule has 1 fully saturated rings. The van der Waals surface area contributed by atoms with Gasteiger partial charge in [0.05, 0.1) is 22.8 Å². The maximum Gasteiger partial charge on any atom is 0.277 e. The van der Waals surface area contributed by atoms with Crippen LogP contribution in [0, 0.1) is 0 Å². The number of aromatic nitrogens is 4. The molecule has 11 heteroatoms. The number of nitrogens with one attached hydrogen (secondary N) is 1. The topological polar surface area (TPSA) is 113 Å². The highest BCUT2D eigenvalue weighted by Crippen LogP contribution is 2.32. The highest BCUT2D eigenvalue weighted by molar-refractivity contribution is 7.89. The third-order valence-corrected chi connectivity index (χ3v) is 7.69. The first kappa shape index (κ1) is 22.1. The highest BCUT2D eigenvalue weighted by atomic mass is 32.2. The Hall–Kier alpha value is -2.76. The number of aromatic amines is 1. The number of piperazine rings is 1. The summed E-state index contributed by atoms with van der Waals surface area (Å²) in [5.41, 5.74) is 1.02. The summed E-state index contributed by atoms with van der Waals surface area (Å²) in [4.78, 5) is 20.6. The molecular formula is C22H30N6O4S. The first-order valence-electron chi connectivity index (χ1n) is 11.6. The van der Waals surface area contributed by atoms with Crippen molar-refractivity contribution < 1.29 is 14.6 Å². The van der Waals surface area contributed by atoms with Crippen molar-refractivity contribution in [2.75, 3.05) is 39.8 Å². The standard InChI is InChI=1S/C22H30N6O4S/c1-5-7-17-19-20(27(4)25-17)22(29)24-21(23-19)16-14-15(8-9-18(16)32-6-2)33(30,31)28-12-10-26(3)11-13-28/h8-9,14H,5-7,10-13H2,1-4H3,(H,23,24,29)/i/hD. The van der Waals surface area contributed by atoms with Crippen molar-refractivity contribution in [3.05, 3.63) is 34.2 Å². The SMILES string of the molecule is [2H]n1c(-c2cc(S(=O)(=O)N3CCN(C)CC3)ccc2OCC)nc2c(CCC)nn(C)c2c1=O. The van der Waals surface area contributed by atoms with Gasteiger partial charge in [-0.2, -0.15) is 9.40 Å². The number of ether oxygens (including phenoxy) is 1. The van der Waals surface area contributed by atoms with Gasteiger partial charge in [0, 0.05) is 33.2 Å². The van der Waals surface area contributed by atoms with Gasteiger partial charge in [0.15, 0.2) is 6.93 Å². The van der Waals surface area contributed by atoms with Crippen molar-refractivity contribution in [3.8, 4) is 17.1 Å². The quantitative estimate of drug-likeness (QED) is 0.552. The van der Waals surface area contributed by atoms with Gasteiger partial charge in [0.1, 0.15) is 17.1 Å². The minimum absolute atomic E-state index is 0.0155. The Morgan fingerprint density at radius 3 is 2.58 bits per heavy atom. The molecule has 33 heavy (non-hydrogen) atoms. The van der Waals surface area contributed by atoms with Gasteiger partial charge in [-0.25, -0.2) is 13.4 Å². The number of likely N-dealkylation sites (N-methyl/N-ethyl adjacent to an activating group) is 1. The Kier molecular flexibility index (Phi) is 6.17. The molecule has 0 spiro atoms. The lowest BCUT2D eigenvalue weighted by atomic mass is 10.1. The summed E-state index contributed by atoms with van der Waals surface area (Å²) in [6.45, 7) is 6.23. The van der Waals surface area contributed by atoms with Gasteiger partial charge in [-0.1, -0.05) is 13.3 Å². The van der Waals surface area contributed by atoms with Crippen molar-refractivity contribution in [1.82, 2.24) is 28.9 Å². The molecule has 1 aromatic carbocycles. The number of nitrogens with zero attached hydrogens (tertiary/aromatic N) is 5. The van der Waals surface area contributed by atoms with Crippen molar-refractivity contribution >= 4 is 21.1 Å². The molecule has 3 heterocycles. The van der Waals surface area contributed by atoms with E-state index in [9.17, 15) is 13.2 Å². The average Bonchev–Trinajstić information content (AvgIpc) is 3.12. The second-order valence-corrected chi connectivity index (χ2v) is 10.1. The van der Waals surface area contributed by atoms with Crippen LogP contribution in [0.25, 0.3) is 22.4 Å². The zero-order valence-electron chi connectivity index (χ0n) is 20.4. The average molecular weight is 476 g/mol. The first-order valence-corrected chi connectivity index (χ1v) is 12.6. The predicted octanol–water partition coefficient (Wildman–Crippen LogP) is 1.61. The van der Waals surface area contributed by atoms with E-state index in [1.807, 2.05) is 20.9 Å². The van der Waals surface area contributed by atoms with Crippen LogP contribution in [0.2, 0.25) is 1.41 Å². The molecule has 0 atom stereocenters. The van der Waals surface area contributed by atoms with Crippen molar-refractivity contribution in [3.63, 3.8) is 0 Å². The first-order chi connectivity index (χ1) is 16.2. The molecule has 178 valence electrons. The van der Waals surface area contributed by atoms with Crippen molar-refractivity contribution in [2.24, 2.45) is 7.05 Å². The third-order valence-electron chi connectivity index (χ3n) is 5.80. The molecule has 1 aliphatic heterocycles. The van der Waals surface area contributed by atoms with Crippen LogP contribution in [0.5, 0.6) is 5.75 Å². The minimum Gasteiger partial charge on any atom is -0.493 e. The van der Waals surface area contributed by atoms with E-state index < -0.39 is 15.6 Å². The molecule has 0 saturated carbocycles. The summed E-state index contributed by atoms with van der Waals surface area (Å²) in [5, 5.41) is 4.42. The molecular weight excluding hydrogens is 444 g/mol. The maximum atomic E-state index is 13.4. The molecule has 0 radical (unpaired) electrons. The van der Waals surface area contributed by atoms with E-state index in [0.717, 1.165) is 6.42 Å². The van der Waals surface area contributed by atoms with Crippen LogP contribution in [0.4, 0.5) is 0 Å². The summed E-state index contributed by atoms with van der Waals surface area (Å²) in [7, 11) is -0.158. The van der Waals surface area contributed by atoms with Crippen LogP contribution in [0.15, 0.2) is 27.9 Å². The molecule has 3 aromatic rings. The predicted molar refractivity (Wildman–Crippen MR) is 126 cm³/mol. The Balaban J connectivity index is 1.90. The second kappa shape index (κ2) is 9.24. The number of hydrogen-bond donors (Lipinski definition) is 1. The Bertz CT molecular complexity index is 1380. The van der Waals surface area contributed by atoms with Gasteiger partial charge >= 0.3 is 0 Å². The lowest BCUT2D eigenvalue weighted by Crippen LogP contribution is -2.47. The molecule has 0 amide bonds. The molecule has 1 saturated heterocycles. The summed E-state index contributed by atoms with van der Waals surface area (Å²) in [6, 6.07) is 4.52. The third kappa shape index (κ3) is 4.40. The maximum absolute atomic E-state index is 13.4. The Morgan fingerprint density at radius 2 is 1.91 bits per heavy atom. The number of rotatable bonds is 7. The smallest absolute Gasteiger partial charge is 0.277 e. The summed E-state index contributed by atoms with van der Waals surface area (Å²) in [6.07, 6.45) is 1.44. The molecule has 1 aliphatic rings. The zero-order valence-corrected chi connectivity index (χ0v) is 20.2. The van der Waals surface area contributed by atoms with Crippen LogP contribution in [-0.2, 0) is 23.5 Å². The number of sulfonamides is 1. The van der Waals surface area contributed by atoms with Gasteiger partial charge in [-0.05, 0) is 38.6 Å². The normalized spacial score (nSPS) is 16.3. The molecule has 4 rings (SSSR count). The van der Waals surface area contributed by atoms with Crippen LogP contribution in [-0.4, -0.2) is 77.2 Å². The molecule has 10 nitrogen and oxygen atoms in total. The minimum atomic E-state index is -3.77. The monoisotopic (exact) mass is 475 g/mol. The fourth-order valence-electron chi connectivity index (χ4n) is 4.03.